The summed E-state index contributed by atoms with van der Waals surface area (Å²) in [5, 5.41) is 16.7. The Morgan fingerprint density at radius 1 is 1.15 bits per heavy atom. The number of aromatic hydroxyl groups is 1. The fraction of sp³-hybridized carbons (Fsp3) is 0.267. The number of aryl methyl sites for hydroxylation is 1. The molecule has 4 nitrogen and oxygen atoms in total. The van der Waals surface area contributed by atoms with Crippen LogP contribution in [0.3, 0.4) is 0 Å². The second-order valence-electron chi connectivity index (χ2n) is 5.20. The molecule has 0 bridgehead atoms. The summed E-state index contributed by atoms with van der Waals surface area (Å²) >= 11 is 1.71. The molecule has 0 saturated carbocycles. The number of thiophene rings is 1. The first-order chi connectivity index (χ1) is 9.72. The highest BCUT2D eigenvalue weighted by molar-refractivity contribution is 7.16. The minimum atomic E-state index is -0.227. The molecule has 0 unspecified atom stereocenters. The van der Waals surface area contributed by atoms with Crippen molar-refractivity contribution >= 4 is 22.2 Å². The number of hydrogen-bond acceptors (Lipinski definition) is 4. The number of nitrogens with one attached hydrogen (secondary N) is 2. The van der Waals surface area contributed by atoms with E-state index in [9.17, 15) is 9.90 Å². The van der Waals surface area contributed by atoms with Crippen LogP contribution < -0.4 is 10.6 Å². The van der Waals surface area contributed by atoms with Gasteiger partial charge < -0.3 is 15.7 Å². The summed E-state index contributed by atoms with van der Waals surface area (Å²) in [6, 6.07) is 6.90. The molecule has 1 aromatic carbocycles. The molecule has 4 rings (SSSR count). The van der Waals surface area contributed by atoms with Gasteiger partial charge in [-0.25, -0.2) is 0 Å². The predicted octanol–water partition coefficient (Wildman–Crippen LogP) is 2.80. The third kappa shape index (κ3) is 1.70. The number of anilines is 1. The van der Waals surface area contributed by atoms with Crippen molar-refractivity contribution in [2.24, 2.45) is 0 Å². The van der Waals surface area contributed by atoms with Crippen molar-refractivity contribution in [3.63, 3.8) is 0 Å². The molecule has 2 heterocycles. The Labute approximate surface area is 120 Å². The molecule has 1 aliphatic heterocycles. The first-order valence-electron chi connectivity index (χ1n) is 6.73. The standard InChI is InChI=1S/C15H14N2O2S/c18-9-6-4-8(5-7-9)13-16-14(19)12-10-2-1-3-11(10)20-15(12)17-13/h4-7,13,17-18H,1-3H2,(H,16,19)/t13-/m0/s1. The van der Waals surface area contributed by atoms with E-state index >= 15 is 0 Å². The number of phenolic OH excluding ortho intramolecular Hbond substituents is 1. The molecule has 0 fully saturated rings. The molecule has 0 saturated heterocycles. The van der Waals surface area contributed by atoms with E-state index in [4.69, 9.17) is 0 Å². The molecular weight excluding hydrogens is 272 g/mol. The van der Waals surface area contributed by atoms with Gasteiger partial charge in [-0.3, -0.25) is 4.79 Å². The lowest BCUT2D eigenvalue weighted by atomic mass is 10.1. The number of hydrogen-bond donors (Lipinski definition) is 3. The normalized spacial score (nSPS) is 20.0. The number of fused-ring (bicyclic) bond motifs is 3. The van der Waals surface area contributed by atoms with Crippen LogP contribution in [0, 0.1) is 0 Å². The summed E-state index contributed by atoms with van der Waals surface area (Å²) in [4.78, 5) is 13.7. The van der Waals surface area contributed by atoms with Crippen LogP contribution in [-0.4, -0.2) is 11.0 Å². The minimum absolute atomic E-state index is 0.0104. The SMILES string of the molecule is O=C1N[C@H](c2ccc(O)cc2)Nc2sc3c(c21)CCC3. The van der Waals surface area contributed by atoms with Crippen molar-refractivity contribution in [2.45, 2.75) is 25.4 Å². The first-order valence-corrected chi connectivity index (χ1v) is 7.55. The highest BCUT2D eigenvalue weighted by Crippen LogP contribution is 2.42. The molecule has 1 atom stereocenters. The molecule has 1 aromatic heterocycles. The van der Waals surface area contributed by atoms with E-state index in [2.05, 4.69) is 10.6 Å². The van der Waals surface area contributed by atoms with Gasteiger partial charge in [0, 0.05) is 4.88 Å². The van der Waals surface area contributed by atoms with Crippen molar-refractivity contribution in [3.05, 3.63) is 45.8 Å². The maximum atomic E-state index is 12.4. The van der Waals surface area contributed by atoms with Gasteiger partial charge in [0.15, 0.2) is 0 Å². The highest BCUT2D eigenvalue weighted by Gasteiger charge is 2.32. The molecule has 2 aliphatic rings. The number of carbonyl (C=O) groups is 1. The summed E-state index contributed by atoms with van der Waals surface area (Å²) in [6.45, 7) is 0. The smallest absolute Gasteiger partial charge is 0.256 e. The summed E-state index contributed by atoms with van der Waals surface area (Å²) in [7, 11) is 0. The van der Waals surface area contributed by atoms with Crippen LogP contribution in [0.4, 0.5) is 5.00 Å². The van der Waals surface area contributed by atoms with Gasteiger partial charge in [-0.05, 0) is 42.5 Å². The van der Waals surface area contributed by atoms with E-state index in [1.807, 2.05) is 12.1 Å². The minimum Gasteiger partial charge on any atom is -0.508 e. The number of carbonyl (C=O) groups excluding carboxylic acids is 1. The fourth-order valence-corrected chi connectivity index (χ4v) is 4.26. The van der Waals surface area contributed by atoms with Crippen LogP contribution in [-0.2, 0) is 12.8 Å². The first kappa shape index (κ1) is 11.8. The number of amides is 1. The fourth-order valence-electron chi connectivity index (χ4n) is 2.95. The lowest BCUT2D eigenvalue weighted by Crippen LogP contribution is -2.38. The molecule has 20 heavy (non-hydrogen) atoms. The van der Waals surface area contributed by atoms with Crippen molar-refractivity contribution < 1.29 is 9.90 Å². The van der Waals surface area contributed by atoms with Crippen LogP contribution in [0.25, 0.3) is 0 Å². The monoisotopic (exact) mass is 286 g/mol. The second kappa shape index (κ2) is 4.24. The third-order valence-corrected chi connectivity index (χ3v) is 5.15. The average Bonchev–Trinajstić information content (AvgIpc) is 2.99. The quantitative estimate of drug-likeness (QED) is 0.755. The lowest BCUT2D eigenvalue weighted by Gasteiger charge is -2.26. The van der Waals surface area contributed by atoms with Crippen molar-refractivity contribution in [3.8, 4) is 5.75 Å². The zero-order chi connectivity index (χ0) is 13.7. The zero-order valence-corrected chi connectivity index (χ0v) is 11.6. The molecule has 3 N–H and O–H groups in total. The van der Waals surface area contributed by atoms with Gasteiger partial charge in [-0.2, -0.15) is 0 Å². The predicted molar refractivity (Wildman–Crippen MR) is 78.3 cm³/mol. The van der Waals surface area contributed by atoms with Gasteiger partial charge >= 0.3 is 0 Å². The highest BCUT2D eigenvalue weighted by atomic mass is 32.1. The van der Waals surface area contributed by atoms with Crippen molar-refractivity contribution in [1.29, 1.82) is 0 Å². The van der Waals surface area contributed by atoms with E-state index in [1.54, 1.807) is 23.5 Å². The Hall–Kier alpha value is -2.01. The number of phenols is 1. The van der Waals surface area contributed by atoms with E-state index in [0.29, 0.717) is 0 Å². The Bertz CT molecular complexity index is 691. The molecule has 102 valence electrons. The lowest BCUT2D eigenvalue weighted by molar-refractivity contribution is 0.0935. The van der Waals surface area contributed by atoms with Crippen LogP contribution in [0.5, 0.6) is 5.75 Å². The topological polar surface area (TPSA) is 61.4 Å². The number of rotatable bonds is 1. The summed E-state index contributed by atoms with van der Waals surface area (Å²) in [5.74, 6) is 0.239. The van der Waals surface area contributed by atoms with E-state index in [0.717, 1.165) is 35.4 Å². The second-order valence-corrected chi connectivity index (χ2v) is 6.31. The van der Waals surface area contributed by atoms with Crippen LogP contribution in [0.15, 0.2) is 24.3 Å². The van der Waals surface area contributed by atoms with Gasteiger partial charge in [0.05, 0.1) is 5.56 Å². The van der Waals surface area contributed by atoms with Gasteiger partial charge in [0.2, 0.25) is 0 Å². The molecule has 1 amide bonds. The third-order valence-electron chi connectivity index (χ3n) is 3.93. The maximum Gasteiger partial charge on any atom is 0.256 e. The molecule has 0 radical (unpaired) electrons. The van der Waals surface area contributed by atoms with Crippen molar-refractivity contribution in [1.82, 2.24) is 5.32 Å². The Balaban J connectivity index is 1.71. The van der Waals surface area contributed by atoms with E-state index in [1.165, 1.54) is 10.4 Å². The molecule has 2 aromatic rings. The molecule has 0 spiro atoms. The van der Waals surface area contributed by atoms with Gasteiger partial charge in [0.1, 0.15) is 16.9 Å². The number of benzene rings is 1. The summed E-state index contributed by atoms with van der Waals surface area (Å²) in [5.41, 5.74) is 3.02. The van der Waals surface area contributed by atoms with Gasteiger partial charge in [-0.1, -0.05) is 12.1 Å². The largest absolute Gasteiger partial charge is 0.508 e. The Kier molecular flexibility index (Phi) is 2.50. The Morgan fingerprint density at radius 2 is 1.95 bits per heavy atom. The van der Waals surface area contributed by atoms with Crippen LogP contribution in [0.1, 0.15) is 38.9 Å². The zero-order valence-electron chi connectivity index (χ0n) is 10.8. The van der Waals surface area contributed by atoms with Crippen LogP contribution in [0.2, 0.25) is 0 Å². The van der Waals surface area contributed by atoms with Gasteiger partial charge in [-0.15, -0.1) is 11.3 Å². The van der Waals surface area contributed by atoms with Gasteiger partial charge in [0.25, 0.3) is 5.91 Å². The molecule has 1 aliphatic carbocycles. The summed E-state index contributed by atoms with van der Waals surface area (Å²) in [6.07, 6.45) is 3.03. The van der Waals surface area contributed by atoms with E-state index < -0.39 is 0 Å². The molecule has 5 heteroatoms. The maximum absolute atomic E-state index is 12.4. The van der Waals surface area contributed by atoms with Crippen LogP contribution >= 0.6 is 11.3 Å². The summed E-state index contributed by atoms with van der Waals surface area (Å²) < 4.78 is 0. The Morgan fingerprint density at radius 3 is 2.75 bits per heavy atom. The molecular formula is C15H14N2O2S. The van der Waals surface area contributed by atoms with E-state index in [-0.39, 0.29) is 17.8 Å². The average molecular weight is 286 g/mol. The van der Waals surface area contributed by atoms with Crippen molar-refractivity contribution in [2.75, 3.05) is 5.32 Å².